The Hall–Kier alpha value is -0.0800. The Morgan fingerprint density at radius 3 is 2.93 bits per heavy atom. The molecule has 2 aliphatic rings. The zero-order chi connectivity index (χ0) is 10.7. The lowest BCUT2D eigenvalue weighted by molar-refractivity contribution is -0.00567. The smallest absolute Gasteiger partial charge is 0.143 e. The molecule has 2 nitrogen and oxygen atoms in total. The Morgan fingerprint density at radius 2 is 2.13 bits per heavy atom. The first-order valence-corrected chi connectivity index (χ1v) is 6.50. The molecule has 2 heteroatoms. The van der Waals surface area contributed by atoms with Crippen LogP contribution in [-0.2, 0) is 4.74 Å². The molecule has 0 aromatic carbocycles. The quantitative estimate of drug-likeness (QED) is 0.561. The van der Waals surface area contributed by atoms with Crippen molar-refractivity contribution in [3.8, 4) is 0 Å². The van der Waals surface area contributed by atoms with Gasteiger partial charge in [-0.15, -0.1) is 0 Å². The molecular weight excluding hydrogens is 188 g/mol. The van der Waals surface area contributed by atoms with Crippen LogP contribution in [0.4, 0.5) is 0 Å². The molecule has 2 aliphatic carbocycles. The van der Waals surface area contributed by atoms with Crippen molar-refractivity contribution in [1.29, 1.82) is 0 Å². The minimum Gasteiger partial charge on any atom is -0.371 e. The fraction of sp³-hybridized carbons (Fsp3) is 1.00. The van der Waals surface area contributed by atoms with E-state index >= 15 is 0 Å². The van der Waals surface area contributed by atoms with E-state index in [0.29, 0.717) is 0 Å². The molecule has 1 N–H and O–H groups in total. The number of hydrogen-bond acceptors (Lipinski definition) is 2. The number of hydrogen-bond donors (Lipinski definition) is 1. The molecule has 2 rings (SSSR count). The van der Waals surface area contributed by atoms with Gasteiger partial charge in [-0.3, -0.25) is 0 Å². The van der Waals surface area contributed by atoms with E-state index in [1.807, 2.05) is 0 Å². The summed E-state index contributed by atoms with van der Waals surface area (Å²) in [5.41, 5.74) is 0. The van der Waals surface area contributed by atoms with Gasteiger partial charge in [0.05, 0.1) is 0 Å². The highest BCUT2D eigenvalue weighted by Gasteiger charge is 2.38. The summed E-state index contributed by atoms with van der Waals surface area (Å²) in [6.45, 7) is 3.06. The van der Waals surface area contributed by atoms with Gasteiger partial charge in [0.1, 0.15) is 6.79 Å². The second-order valence-corrected chi connectivity index (χ2v) is 5.47. The first-order valence-electron chi connectivity index (χ1n) is 6.50. The highest BCUT2D eigenvalue weighted by molar-refractivity contribution is 4.89. The Morgan fingerprint density at radius 1 is 1.27 bits per heavy atom. The van der Waals surface area contributed by atoms with Crippen molar-refractivity contribution in [2.24, 2.45) is 23.7 Å². The van der Waals surface area contributed by atoms with Crippen molar-refractivity contribution in [3.63, 3.8) is 0 Å². The molecule has 15 heavy (non-hydrogen) atoms. The van der Waals surface area contributed by atoms with E-state index < -0.39 is 0 Å². The van der Waals surface area contributed by atoms with Gasteiger partial charge in [-0.25, -0.2) is 0 Å². The predicted molar refractivity (Wildman–Crippen MR) is 60.4 cm³/mol. The minimum atomic E-state index is -0.120. The van der Waals surface area contributed by atoms with Crippen molar-refractivity contribution < 1.29 is 9.84 Å². The van der Waals surface area contributed by atoms with Gasteiger partial charge < -0.3 is 9.84 Å². The summed E-state index contributed by atoms with van der Waals surface area (Å²) in [7, 11) is 0. The van der Waals surface area contributed by atoms with Gasteiger partial charge in [0.15, 0.2) is 0 Å². The van der Waals surface area contributed by atoms with E-state index in [2.05, 4.69) is 6.92 Å². The van der Waals surface area contributed by atoms with Crippen LogP contribution in [0.1, 0.15) is 45.4 Å². The third kappa shape index (κ3) is 2.73. The van der Waals surface area contributed by atoms with E-state index in [0.717, 1.165) is 36.7 Å². The second-order valence-electron chi connectivity index (χ2n) is 5.47. The summed E-state index contributed by atoms with van der Waals surface area (Å²) in [4.78, 5) is 0. The van der Waals surface area contributed by atoms with E-state index in [4.69, 9.17) is 9.84 Å². The Labute approximate surface area is 93.0 Å². The average molecular weight is 212 g/mol. The molecule has 0 spiro atoms. The minimum absolute atomic E-state index is 0.120. The summed E-state index contributed by atoms with van der Waals surface area (Å²) < 4.78 is 4.98. The Bertz CT molecular complexity index is 193. The highest BCUT2D eigenvalue weighted by Crippen LogP contribution is 2.49. The second kappa shape index (κ2) is 5.31. The number of ether oxygens (including phenoxy) is 1. The zero-order valence-corrected chi connectivity index (χ0v) is 9.82. The molecular formula is C13H24O2. The van der Waals surface area contributed by atoms with Crippen molar-refractivity contribution >= 4 is 0 Å². The molecule has 0 aliphatic heterocycles. The summed E-state index contributed by atoms with van der Waals surface area (Å²) in [6.07, 6.45) is 8.35. The maximum atomic E-state index is 8.53. The maximum Gasteiger partial charge on any atom is 0.143 e. The van der Waals surface area contributed by atoms with Gasteiger partial charge in [0, 0.05) is 6.61 Å². The number of rotatable bonds is 5. The number of aliphatic hydroxyl groups is 1. The monoisotopic (exact) mass is 212 g/mol. The summed E-state index contributed by atoms with van der Waals surface area (Å²) in [6, 6.07) is 0. The molecule has 2 bridgehead atoms. The third-order valence-electron chi connectivity index (χ3n) is 4.66. The summed E-state index contributed by atoms with van der Waals surface area (Å²) in [5, 5.41) is 8.53. The van der Waals surface area contributed by atoms with Crippen LogP contribution in [0.25, 0.3) is 0 Å². The van der Waals surface area contributed by atoms with Crippen LogP contribution in [-0.4, -0.2) is 18.5 Å². The van der Waals surface area contributed by atoms with Crippen LogP contribution < -0.4 is 0 Å². The number of aliphatic hydroxyl groups excluding tert-OH is 1. The summed E-state index contributed by atoms with van der Waals surface area (Å²) >= 11 is 0. The third-order valence-corrected chi connectivity index (χ3v) is 4.66. The SMILES string of the molecule is CC1C(CCCOCO)CC2CCC1C2. The Balaban J connectivity index is 1.72. The lowest BCUT2D eigenvalue weighted by Crippen LogP contribution is -2.25. The fourth-order valence-corrected chi connectivity index (χ4v) is 3.73. The molecule has 88 valence electrons. The standard InChI is InChI=1S/C13H24O2/c1-10-12(3-2-6-15-9-14)7-11-4-5-13(10)8-11/h10-14H,2-9H2,1H3. The molecule has 0 heterocycles. The first kappa shape index (κ1) is 11.4. The average Bonchev–Trinajstić information content (AvgIpc) is 2.64. The Kier molecular flexibility index (Phi) is 4.04. The molecule has 0 radical (unpaired) electrons. The van der Waals surface area contributed by atoms with Crippen LogP contribution in [0.5, 0.6) is 0 Å². The van der Waals surface area contributed by atoms with Gasteiger partial charge in [0.2, 0.25) is 0 Å². The van der Waals surface area contributed by atoms with Crippen molar-refractivity contribution in [1.82, 2.24) is 0 Å². The normalized spacial score (nSPS) is 39.6. The van der Waals surface area contributed by atoms with Gasteiger partial charge in [-0.05, 0) is 55.8 Å². The highest BCUT2D eigenvalue weighted by atomic mass is 16.6. The van der Waals surface area contributed by atoms with Crippen molar-refractivity contribution in [2.45, 2.75) is 45.4 Å². The number of fused-ring (bicyclic) bond motifs is 2. The maximum absolute atomic E-state index is 8.53. The topological polar surface area (TPSA) is 29.5 Å². The van der Waals surface area contributed by atoms with Crippen LogP contribution in [0.2, 0.25) is 0 Å². The lowest BCUT2D eigenvalue weighted by atomic mass is 9.71. The molecule has 0 saturated heterocycles. The molecule has 2 saturated carbocycles. The van der Waals surface area contributed by atoms with Gasteiger partial charge in [-0.1, -0.05) is 13.3 Å². The predicted octanol–water partition coefficient (Wildman–Crippen LogP) is 2.81. The zero-order valence-electron chi connectivity index (χ0n) is 9.82. The van der Waals surface area contributed by atoms with Crippen LogP contribution in [0, 0.1) is 23.7 Å². The molecule has 0 aromatic rings. The van der Waals surface area contributed by atoms with Crippen LogP contribution in [0.3, 0.4) is 0 Å². The largest absolute Gasteiger partial charge is 0.371 e. The van der Waals surface area contributed by atoms with Crippen molar-refractivity contribution in [2.75, 3.05) is 13.4 Å². The van der Waals surface area contributed by atoms with Gasteiger partial charge in [-0.2, -0.15) is 0 Å². The molecule has 4 atom stereocenters. The molecule has 0 amide bonds. The first-order chi connectivity index (χ1) is 7.31. The molecule has 2 fully saturated rings. The van der Waals surface area contributed by atoms with Crippen molar-refractivity contribution in [3.05, 3.63) is 0 Å². The van der Waals surface area contributed by atoms with E-state index in [1.165, 1.54) is 32.1 Å². The van der Waals surface area contributed by atoms with E-state index in [1.54, 1.807) is 0 Å². The van der Waals surface area contributed by atoms with E-state index in [-0.39, 0.29) is 6.79 Å². The fourth-order valence-electron chi connectivity index (χ4n) is 3.73. The molecule has 0 aromatic heterocycles. The van der Waals surface area contributed by atoms with Crippen LogP contribution >= 0.6 is 0 Å². The van der Waals surface area contributed by atoms with Gasteiger partial charge in [0.25, 0.3) is 0 Å². The molecule has 4 unspecified atom stereocenters. The lowest BCUT2D eigenvalue weighted by Gasteiger charge is -2.34. The van der Waals surface area contributed by atoms with Gasteiger partial charge >= 0.3 is 0 Å². The summed E-state index contributed by atoms with van der Waals surface area (Å²) in [5.74, 6) is 3.92. The van der Waals surface area contributed by atoms with Crippen LogP contribution in [0.15, 0.2) is 0 Å². The van der Waals surface area contributed by atoms with E-state index in [9.17, 15) is 0 Å².